The normalized spacial score (nSPS) is 10.7. The van der Waals surface area contributed by atoms with Gasteiger partial charge in [-0.3, -0.25) is 0 Å². The van der Waals surface area contributed by atoms with Crippen molar-refractivity contribution in [1.29, 1.82) is 0 Å². The number of nitrogens with two attached hydrogens (primary N) is 1. The zero-order valence-corrected chi connectivity index (χ0v) is 9.60. The topological polar surface area (TPSA) is 38.9 Å². The van der Waals surface area contributed by atoms with Crippen LogP contribution in [0.4, 0.5) is 10.1 Å². The van der Waals surface area contributed by atoms with Crippen LogP contribution in [0.1, 0.15) is 0 Å². The van der Waals surface area contributed by atoms with Crippen LogP contribution in [-0.4, -0.2) is 4.98 Å². The number of anilines is 1. The number of halogens is 1. The Balaban J connectivity index is 2.25. The minimum Gasteiger partial charge on any atom is -0.398 e. The molecule has 0 aliphatic heterocycles. The van der Waals surface area contributed by atoms with Crippen LogP contribution in [0.3, 0.4) is 0 Å². The molecule has 0 amide bonds. The van der Waals surface area contributed by atoms with Gasteiger partial charge in [0.2, 0.25) is 0 Å². The molecule has 2 aromatic carbocycles. The minimum absolute atomic E-state index is 0.302. The predicted octanol–water partition coefficient (Wildman–Crippen LogP) is 3.62. The molecular formula is C15H11FN2. The van der Waals surface area contributed by atoms with E-state index < -0.39 is 0 Å². The van der Waals surface area contributed by atoms with E-state index in [0.717, 1.165) is 11.3 Å². The largest absolute Gasteiger partial charge is 0.398 e. The highest BCUT2D eigenvalue weighted by molar-refractivity contribution is 5.92. The molecule has 3 heteroatoms. The Morgan fingerprint density at radius 1 is 0.944 bits per heavy atom. The lowest BCUT2D eigenvalue weighted by molar-refractivity contribution is 0.629. The van der Waals surface area contributed by atoms with Crippen LogP contribution in [0.25, 0.3) is 22.2 Å². The number of benzene rings is 2. The van der Waals surface area contributed by atoms with Crippen molar-refractivity contribution in [2.24, 2.45) is 0 Å². The van der Waals surface area contributed by atoms with Gasteiger partial charge in [0.1, 0.15) is 5.82 Å². The van der Waals surface area contributed by atoms with Crippen molar-refractivity contribution in [3.63, 3.8) is 0 Å². The molecule has 1 heterocycles. The third kappa shape index (κ3) is 1.80. The number of hydrogen-bond acceptors (Lipinski definition) is 2. The molecular weight excluding hydrogens is 227 g/mol. The van der Waals surface area contributed by atoms with E-state index in [4.69, 9.17) is 5.73 Å². The second-order valence-corrected chi connectivity index (χ2v) is 4.12. The standard InChI is InChI=1S/C15H11FN2/c16-11-6-7-14-12(8-11)13(17)9-15(18-14)10-4-2-1-3-5-10/h1-9H,(H2,17,18). The van der Waals surface area contributed by atoms with Crippen molar-refractivity contribution in [3.8, 4) is 11.3 Å². The number of nitrogens with zero attached hydrogens (tertiary/aromatic N) is 1. The Labute approximate surface area is 104 Å². The molecule has 0 fully saturated rings. The number of nitrogen functional groups attached to an aromatic ring is 1. The van der Waals surface area contributed by atoms with Crippen LogP contribution < -0.4 is 5.73 Å². The first kappa shape index (κ1) is 10.7. The zero-order chi connectivity index (χ0) is 12.5. The summed E-state index contributed by atoms with van der Waals surface area (Å²) in [6.45, 7) is 0. The van der Waals surface area contributed by atoms with Crippen LogP contribution in [0.2, 0.25) is 0 Å². The molecule has 2 nitrogen and oxygen atoms in total. The fourth-order valence-electron chi connectivity index (χ4n) is 1.98. The van der Waals surface area contributed by atoms with Gasteiger partial charge in [-0.2, -0.15) is 0 Å². The molecule has 0 atom stereocenters. The van der Waals surface area contributed by atoms with Gasteiger partial charge in [0, 0.05) is 16.6 Å². The second-order valence-electron chi connectivity index (χ2n) is 4.12. The number of hydrogen-bond donors (Lipinski definition) is 1. The van der Waals surface area contributed by atoms with E-state index in [-0.39, 0.29) is 5.82 Å². The number of rotatable bonds is 1. The quantitative estimate of drug-likeness (QED) is 0.703. The van der Waals surface area contributed by atoms with Gasteiger partial charge >= 0.3 is 0 Å². The fraction of sp³-hybridized carbons (Fsp3) is 0. The average Bonchev–Trinajstić information content (AvgIpc) is 2.40. The van der Waals surface area contributed by atoms with Gasteiger partial charge in [0.05, 0.1) is 11.2 Å². The monoisotopic (exact) mass is 238 g/mol. The van der Waals surface area contributed by atoms with E-state index in [9.17, 15) is 4.39 Å². The summed E-state index contributed by atoms with van der Waals surface area (Å²) in [5.74, 6) is -0.302. The van der Waals surface area contributed by atoms with Crippen molar-refractivity contribution in [1.82, 2.24) is 4.98 Å². The summed E-state index contributed by atoms with van der Waals surface area (Å²) < 4.78 is 13.2. The summed E-state index contributed by atoms with van der Waals surface area (Å²) in [4.78, 5) is 4.50. The summed E-state index contributed by atoms with van der Waals surface area (Å²) in [6.07, 6.45) is 0. The van der Waals surface area contributed by atoms with Gasteiger partial charge in [0.15, 0.2) is 0 Å². The number of aromatic nitrogens is 1. The van der Waals surface area contributed by atoms with Gasteiger partial charge in [-0.05, 0) is 24.3 Å². The Morgan fingerprint density at radius 2 is 1.72 bits per heavy atom. The van der Waals surface area contributed by atoms with Crippen LogP contribution in [-0.2, 0) is 0 Å². The van der Waals surface area contributed by atoms with Crippen LogP contribution in [0.15, 0.2) is 54.6 Å². The van der Waals surface area contributed by atoms with Crippen molar-refractivity contribution in [3.05, 3.63) is 60.4 Å². The lowest BCUT2D eigenvalue weighted by Gasteiger charge is -2.06. The maximum Gasteiger partial charge on any atom is 0.124 e. The Morgan fingerprint density at radius 3 is 2.50 bits per heavy atom. The van der Waals surface area contributed by atoms with E-state index in [1.54, 1.807) is 12.1 Å². The van der Waals surface area contributed by atoms with E-state index in [1.165, 1.54) is 12.1 Å². The molecule has 0 saturated carbocycles. The third-order valence-corrected chi connectivity index (χ3v) is 2.87. The summed E-state index contributed by atoms with van der Waals surface area (Å²) in [7, 11) is 0. The molecule has 0 saturated heterocycles. The molecule has 1 aromatic heterocycles. The smallest absolute Gasteiger partial charge is 0.124 e. The Bertz CT molecular complexity index is 708. The molecule has 3 aromatic rings. The van der Waals surface area contributed by atoms with Gasteiger partial charge < -0.3 is 5.73 Å². The summed E-state index contributed by atoms with van der Waals surface area (Å²) in [6, 6.07) is 16.0. The van der Waals surface area contributed by atoms with Crippen molar-refractivity contribution in [2.45, 2.75) is 0 Å². The summed E-state index contributed by atoms with van der Waals surface area (Å²) in [5.41, 5.74) is 8.99. The van der Waals surface area contributed by atoms with Crippen molar-refractivity contribution in [2.75, 3.05) is 5.73 Å². The second kappa shape index (κ2) is 4.11. The third-order valence-electron chi connectivity index (χ3n) is 2.87. The number of pyridine rings is 1. The van der Waals surface area contributed by atoms with Gasteiger partial charge in [-0.25, -0.2) is 9.37 Å². The fourth-order valence-corrected chi connectivity index (χ4v) is 1.98. The molecule has 3 rings (SSSR count). The predicted molar refractivity (Wildman–Crippen MR) is 71.5 cm³/mol. The van der Waals surface area contributed by atoms with Gasteiger partial charge in [0.25, 0.3) is 0 Å². The van der Waals surface area contributed by atoms with Crippen LogP contribution >= 0.6 is 0 Å². The first-order valence-corrected chi connectivity index (χ1v) is 5.65. The first-order chi connectivity index (χ1) is 8.74. The van der Waals surface area contributed by atoms with Gasteiger partial charge in [-0.15, -0.1) is 0 Å². The Hall–Kier alpha value is -2.42. The van der Waals surface area contributed by atoms with E-state index in [0.29, 0.717) is 16.6 Å². The van der Waals surface area contributed by atoms with Crippen molar-refractivity contribution < 1.29 is 4.39 Å². The van der Waals surface area contributed by atoms with E-state index in [1.807, 2.05) is 30.3 Å². The lowest BCUT2D eigenvalue weighted by Crippen LogP contribution is -1.93. The molecule has 88 valence electrons. The highest BCUT2D eigenvalue weighted by Crippen LogP contribution is 2.26. The average molecular weight is 238 g/mol. The highest BCUT2D eigenvalue weighted by atomic mass is 19.1. The molecule has 0 aliphatic rings. The van der Waals surface area contributed by atoms with E-state index in [2.05, 4.69) is 4.98 Å². The Kier molecular flexibility index (Phi) is 2.45. The van der Waals surface area contributed by atoms with Crippen LogP contribution in [0.5, 0.6) is 0 Å². The molecule has 2 N–H and O–H groups in total. The molecule has 0 aliphatic carbocycles. The SMILES string of the molecule is Nc1cc(-c2ccccc2)nc2ccc(F)cc12. The van der Waals surface area contributed by atoms with Gasteiger partial charge in [-0.1, -0.05) is 30.3 Å². The molecule has 0 unspecified atom stereocenters. The zero-order valence-electron chi connectivity index (χ0n) is 9.60. The maximum absolute atomic E-state index is 13.2. The van der Waals surface area contributed by atoms with Crippen molar-refractivity contribution >= 4 is 16.6 Å². The van der Waals surface area contributed by atoms with Crippen LogP contribution in [0, 0.1) is 5.82 Å². The summed E-state index contributed by atoms with van der Waals surface area (Å²) >= 11 is 0. The molecule has 0 spiro atoms. The minimum atomic E-state index is -0.302. The first-order valence-electron chi connectivity index (χ1n) is 5.65. The lowest BCUT2D eigenvalue weighted by atomic mass is 10.1. The van der Waals surface area contributed by atoms with E-state index >= 15 is 0 Å². The summed E-state index contributed by atoms with van der Waals surface area (Å²) in [5, 5.41) is 0.648. The molecule has 18 heavy (non-hydrogen) atoms. The molecule has 0 radical (unpaired) electrons. The maximum atomic E-state index is 13.2. The molecule has 0 bridgehead atoms. The number of fused-ring (bicyclic) bond motifs is 1. The highest BCUT2D eigenvalue weighted by Gasteiger charge is 2.06.